The molecule has 3 heteroatoms. The predicted octanol–water partition coefficient (Wildman–Crippen LogP) is 2.18. The van der Waals surface area contributed by atoms with E-state index in [2.05, 4.69) is 16.8 Å². The van der Waals surface area contributed by atoms with E-state index in [0.717, 1.165) is 12.3 Å². The third kappa shape index (κ3) is 1.47. The van der Waals surface area contributed by atoms with Crippen LogP contribution >= 0.6 is 11.3 Å². The van der Waals surface area contributed by atoms with Gasteiger partial charge in [0, 0.05) is 16.3 Å². The molecule has 0 amide bonds. The molecule has 0 bridgehead atoms. The first-order valence-corrected chi connectivity index (χ1v) is 5.14. The van der Waals surface area contributed by atoms with Crippen LogP contribution in [0.5, 0.6) is 5.75 Å². The summed E-state index contributed by atoms with van der Waals surface area (Å²) in [4.78, 5) is 1.41. The number of rotatable bonds is 2. The molecular formula is C9H13NOS. The molecule has 1 saturated heterocycles. The fourth-order valence-electron chi connectivity index (χ4n) is 1.55. The molecule has 1 aromatic rings. The lowest BCUT2D eigenvalue weighted by Gasteiger charge is -2.05. The van der Waals surface area contributed by atoms with Crippen molar-refractivity contribution in [3.63, 3.8) is 0 Å². The Morgan fingerprint density at radius 1 is 1.67 bits per heavy atom. The van der Waals surface area contributed by atoms with Crippen LogP contribution in [-0.4, -0.2) is 13.7 Å². The molecule has 1 aliphatic heterocycles. The van der Waals surface area contributed by atoms with Crippen LogP contribution in [-0.2, 0) is 0 Å². The van der Waals surface area contributed by atoms with E-state index < -0.39 is 0 Å². The van der Waals surface area contributed by atoms with E-state index in [9.17, 15) is 0 Å². The van der Waals surface area contributed by atoms with Crippen molar-refractivity contribution in [2.24, 2.45) is 0 Å². The summed E-state index contributed by atoms with van der Waals surface area (Å²) >= 11 is 1.78. The standard InChI is InChI=1S/C9H13NOS/c1-11-7-5-9(12-6-7)8-3-2-4-10-8/h5-6,8,10H,2-4H2,1H3. The molecule has 1 fully saturated rings. The van der Waals surface area contributed by atoms with E-state index in [-0.39, 0.29) is 0 Å². The largest absolute Gasteiger partial charge is 0.496 e. The second kappa shape index (κ2) is 3.46. The van der Waals surface area contributed by atoms with E-state index in [4.69, 9.17) is 4.74 Å². The van der Waals surface area contributed by atoms with Gasteiger partial charge in [-0.2, -0.15) is 0 Å². The topological polar surface area (TPSA) is 21.3 Å². The zero-order valence-electron chi connectivity index (χ0n) is 7.17. The Hall–Kier alpha value is -0.540. The second-order valence-corrected chi connectivity index (χ2v) is 3.98. The summed E-state index contributed by atoms with van der Waals surface area (Å²) in [5.41, 5.74) is 0. The molecule has 0 radical (unpaired) electrons. The molecular weight excluding hydrogens is 170 g/mol. The third-order valence-corrected chi connectivity index (χ3v) is 3.26. The van der Waals surface area contributed by atoms with Crippen molar-refractivity contribution >= 4 is 11.3 Å². The van der Waals surface area contributed by atoms with Gasteiger partial charge in [0.25, 0.3) is 0 Å². The predicted molar refractivity (Wildman–Crippen MR) is 50.8 cm³/mol. The van der Waals surface area contributed by atoms with Gasteiger partial charge in [-0.15, -0.1) is 11.3 Å². The molecule has 1 aromatic heterocycles. The number of hydrogen-bond acceptors (Lipinski definition) is 3. The number of thiophene rings is 1. The first-order valence-electron chi connectivity index (χ1n) is 4.26. The monoisotopic (exact) mass is 183 g/mol. The molecule has 0 aliphatic carbocycles. The van der Waals surface area contributed by atoms with Crippen molar-refractivity contribution < 1.29 is 4.74 Å². The number of ether oxygens (including phenoxy) is 1. The number of nitrogens with one attached hydrogen (secondary N) is 1. The van der Waals surface area contributed by atoms with Gasteiger partial charge in [-0.3, -0.25) is 0 Å². The van der Waals surface area contributed by atoms with E-state index >= 15 is 0 Å². The summed E-state index contributed by atoms with van der Waals surface area (Å²) in [6, 6.07) is 2.71. The molecule has 1 unspecified atom stereocenters. The van der Waals surface area contributed by atoms with E-state index in [1.165, 1.54) is 17.7 Å². The Morgan fingerprint density at radius 3 is 3.17 bits per heavy atom. The highest BCUT2D eigenvalue weighted by Gasteiger charge is 2.17. The highest BCUT2D eigenvalue weighted by atomic mass is 32.1. The minimum atomic E-state index is 0.582. The Balaban J connectivity index is 2.11. The van der Waals surface area contributed by atoms with Crippen molar-refractivity contribution in [3.8, 4) is 5.75 Å². The van der Waals surface area contributed by atoms with E-state index in [1.807, 2.05) is 0 Å². The minimum Gasteiger partial charge on any atom is -0.496 e. The van der Waals surface area contributed by atoms with Crippen LogP contribution in [0.25, 0.3) is 0 Å². The van der Waals surface area contributed by atoms with Crippen molar-refractivity contribution in [3.05, 3.63) is 16.3 Å². The molecule has 2 nitrogen and oxygen atoms in total. The minimum absolute atomic E-state index is 0.582. The number of methoxy groups -OCH3 is 1. The third-order valence-electron chi connectivity index (χ3n) is 2.24. The Kier molecular flexibility index (Phi) is 2.33. The summed E-state index contributed by atoms with van der Waals surface area (Å²) in [7, 11) is 1.72. The first kappa shape index (κ1) is 8.08. The molecule has 1 aliphatic rings. The lowest BCUT2D eigenvalue weighted by molar-refractivity contribution is 0.416. The fraction of sp³-hybridized carbons (Fsp3) is 0.556. The first-order chi connectivity index (χ1) is 5.90. The molecule has 0 saturated carbocycles. The fourth-order valence-corrected chi connectivity index (χ4v) is 2.52. The van der Waals surface area contributed by atoms with Crippen molar-refractivity contribution in [1.82, 2.24) is 5.32 Å². The van der Waals surface area contributed by atoms with Gasteiger partial charge in [-0.25, -0.2) is 0 Å². The van der Waals surface area contributed by atoms with Gasteiger partial charge in [-0.05, 0) is 25.5 Å². The number of hydrogen-bond donors (Lipinski definition) is 1. The summed E-state index contributed by atoms with van der Waals surface area (Å²) in [5.74, 6) is 0.990. The van der Waals surface area contributed by atoms with Crippen LogP contribution in [0.3, 0.4) is 0 Å². The molecule has 2 rings (SSSR count). The van der Waals surface area contributed by atoms with Gasteiger partial charge in [0.05, 0.1) is 7.11 Å². The van der Waals surface area contributed by atoms with Crippen LogP contribution in [0.4, 0.5) is 0 Å². The molecule has 1 N–H and O–H groups in total. The Morgan fingerprint density at radius 2 is 2.58 bits per heavy atom. The zero-order chi connectivity index (χ0) is 8.39. The maximum atomic E-state index is 5.14. The zero-order valence-corrected chi connectivity index (χ0v) is 7.99. The van der Waals surface area contributed by atoms with Gasteiger partial charge in [0.2, 0.25) is 0 Å². The maximum absolute atomic E-state index is 5.14. The molecule has 0 spiro atoms. The summed E-state index contributed by atoms with van der Waals surface area (Å²) in [6.45, 7) is 1.16. The van der Waals surface area contributed by atoms with Crippen LogP contribution in [0.1, 0.15) is 23.8 Å². The van der Waals surface area contributed by atoms with Crippen molar-refractivity contribution in [1.29, 1.82) is 0 Å². The van der Waals surface area contributed by atoms with Gasteiger partial charge >= 0.3 is 0 Å². The molecule has 1 atom stereocenters. The average Bonchev–Trinajstić information content (AvgIpc) is 2.75. The quantitative estimate of drug-likeness (QED) is 0.758. The maximum Gasteiger partial charge on any atom is 0.129 e. The van der Waals surface area contributed by atoms with Gasteiger partial charge < -0.3 is 10.1 Å². The molecule has 2 heterocycles. The highest BCUT2D eigenvalue weighted by Crippen LogP contribution is 2.31. The lowest BCUT2D eigenvalue weighted by atomic mass is 10.2. The molecule has 66 valence electrons. The lowest BCUT2D eigenvalue weighted by Crippen LogP contribution is -2.11. The normalized spacial score (nSPS) is 22.9. The SMILES string of the molecule is COc1csc(C2CCCN2)c1. The highest BCUT2D eigenvalue weighted by molar-refractivity contribution is 7.10. The summed E-state index contributed by atoms with van der Waals surface area (Å²) in [6.07, 6.45) is 2.56. The van der Waals surface area contributed by atoms with E-state index in [0.29, 0.717) is 6.04 Å². The summed E-state index contributed by atoms with van der Waals surface area (Å²) < 4.78 is 5.14. The van der Waals surface area contributed by atoms with Gasteiger partial charge in [0.1, 0.15) is 5.75 Å². The second-order valence-electron chi connectivity index (χ2n) is 3.04. The van der Waals surface area contributed by atoms with Gasteiger partial charge in [-0.1, -0.05) is 0 Å². The van der Waals surface area contributed by atoms with Crippen LogP contribution in [0.2, 0.25) is 0 Å². The molecule has 0 aromatic carbocycles. The smallest absolute Gasteiger partial charge is 0.129 e. The van der Waals surface area contributed by atoms with Crippen LogP contribution in [0, 0.1) is 0 Å². The van der Waals surface area contributed by atoms with Crippen molar-refractivity contribution in [2.75, 3.05) is 13.7 Å². The summed E-state index contributed by atoms with van der Waals surface area (Å²) in [5, 5.41) is 5.53. The van der Waals surface area contributed by atoms with Crippen molar-refractivity contribution in [2.45, 2.75) is 18.9 Å². The van der Waals surface area contributed by atoms with Crippen LogP contribution < -0.4 is 10.1 Å². The Bertz CT molecular complexity index is 253. The molecule has 12 heavy (non-hydrogen) atoms. The van der Waals surface area contributed by atoms with E-state index in [1.54, 1.807) is 18.4 Å². The Labute approximate surface area is 76.6 Å². The van der Waals surface area contributed by atoms with Gasteiger partial charge in [0.15, 0.2) is 0 Å². The average molecular weight is 183 g/mol. The van der Waals surface area contributed by atoms with Crippen LogP contribution in [0.15, 0.2) is 11.4 Å².